The molecule has 7 nitrogen and oxygen atoms in total. The molecule has 2 amide bonds. The quantitative estimate of drug-likeness (QED) is 0.382. The van der Waals surface area contributed by atoms with Gasteiger partial charge in [-0.1, -0.05) is 59.6 Å². The van der Waals surface area contributed by atoms with Crippen LogP contribution >= 0.6 is 11.6 Å². The fourth-order valence-corrected chi connectivity index (χ4v) is 5.49. The third-order valence-corrected chi connectivity index (χ3v) is 7.91. The van der Waals surface area contributed by atoms with Gasteiger partial charge >= 0.3 is 0 Å². The molecule has 0 saturated heterocycles. The van der Waals surface area contributed by atoms with E-state index in [2.05, 4.69) is 5.32 Å². The second-order valence-electron chi connectivity index (χ2n) is 9.27. The molecule has 1 N–H and O–H groups in total. The standard InChI is InChI=1S/C28H31ClFN3O4S/c1-19(2)31-28(35)21(4)32(17-22-10-8-9-20(3)15-22)27(34)18-33(23-13-14-26(30)25(29)16-23)38(36,37)24-11-6-5-7-12-24/h5-16,19,21H,17-18H2,1-4H3,(H,31,35)/t21-/m0/s1. The minimum absolute atomic E-state index is 0.0170. The molecule has 0 unspecified atom stereocenters. The molecule has 1 atom stereocenters. The SMILES string of the molecule is Cc1cccc(CN(C(=O)CN(c2ccc(F)c(Cl)c2)S(=O)(=O)c2ccccc2)[C@@H](C)C(=O)NC(C)C)c1. The van der Waals surface area contributed by atoms with Gasteiger partial charge in [-0.05, 0) is 63.6 Å². The van der Waals surface area contributed by atoms with E-state index in [1.54, 1.807) is 25.1 Å². The normalized spacial score (nSPS) is 12.2. The van der Waals surface area contributed by atoms with Gasteiger partial charge in [-0.15, -0.1) is 0 Å². The van der Waals surface area contributed by atoms with Crippen LogP contribution in [0.15, 0.2) is 77.7 Å². The molecule has 38 heavy (non-hydrogen) atoms. The predicted octanol–water partition coefficient (Wildman–Crippen LogP) is 4.92. The lowest BCUT2D eigenvalue weighted by atomic mass is 10.1. The minimum atomic E-state index is -4.25. The number of benzene rings is 3. The molecule has 0 heterocycles. The molecule has 3 aromatic carbocycles. The van der Waals surface area contributed by atoms with E-state index in [0.29, 0.717) is 0 Å². The van der Waals surface area contributed by atoms with E-state index in [4.69, 9.17) is 11.6 Å². The van der Waals surface area contributed by atoms with Gasteiger partial charge < -0.3 is 10.2 Å². The number of rotatable bonds is 10. The van der Waals surface area contributed by atoms with Gasteiger partial charge in [0.1, 0.15) is 18.4 Å². The lowest BCUT2D eigenvalue weighted by Crippen LogP contribution is -2.52. The van der Waals surface area contributed by atoms with Crippen LogP contribution in [0.25, 0.3) is 0 Å². The lowest BCUT2D eigenvalue weighted by Gasteiger charge is -2.32. The maximum atomic E-state index is 13.9. The van der Waals surface area contributed by atoms with Gasteiger partial charge in [-0.2, -0.15) is 0 Å². The van der Waals surface area contributed by atoms with Crippen molar-refractivity contribution in [2.45, 2.75) is 51.2 Å². The Morgan fingerprint density at radius 2 is 1.66 bits per heavy atom. The van der Waals surface area contributed by atoms with Crippen molar-refractivity contribution in [3.05, 3.63) is 94.8 Å². The summed E-state index contributed by atoms with van der Waals surface area (Å²) in [5.41, 5.74) is 1.77. The first kappa shape index (κ1) is 29.1. The summed E-state index contributed by atoms with van der Waals surface area (Å²) >= 11 is 5.97. The van der Waals surface area contributed by atoms with Gasteiger partial charge in [0.25, 0.3) is 10.0 Å². The number of nitrogens with one attached hydrogen (secondary N) is 1. The molecule has 10 heteroatoms. The summed E-state index contributed by atoms with van der Waals surface area (Å²) in [7, 11) is -4.25. The third kappa shape index (κ3) is 7.11. The summed E-state index contributed by atoms with van der Waals surface area (Å²) in [4.78, 5) is 28.0. The van der Waals surface area contributed by atoms with E-state index in [1.807, 2.05) is 45.0 Å². The summed E-state index contributed by atoms with van der Waals surface area (Å²) < 4.78 is 42.2. The molecular formula is C28H31ClFN3O4S. The first-order valence-corrected chi connectivity index (χ1v) is 13.9. The number of aryl methyl sites for hydroxylation is 1. The highest BCUT2D eigenvalue weighted by Gasteiger charge is 2.33. The van der Waals surface area contributed by atoms with Crippen LogP contribution < -0.4 is 9.62 Å². The number of sulfonamides is 1. The number of halogens is 2. The Morgan fingerprint density at radius 1 is 0.974 bits per heavy atom. The Balaban J connectivity index is 2.05. The topological polar surface area (TPSA) is 86.8 Å². The summed E-state index contributed by atoms with van der Waals surface area (Å²) in [5, 5.41) is 2.52. The molecule has 202 valence electrons. The number of nitrogens with zero attached hydrogens (tertiary/aromatic N) is 2. The van der Waals surface area contributed by atoms with E-state index in [-0.39, 0.29) is 34.1 Å². The fourth-order valence-electron chi connectivity index (χ4n) is 3.88. The molecule has 0 bridgehead atoms. The lowest BCUT2D eigenvalue weighted by molar-refractivity contribution is -0.139. The fraction of sp³-hybridized carbons (Fsp3) is 0.286. The van der Waals surface area contributed by atoms with Crippen molar-refractivity contribution in [3.8, 4) is 0 Å². The molecule has 3 rings (SSSR count). The first-order chi connectivity index (χ1) is 17.9. The van der Waals surface area contributed by atoms with Crippen molar-refractivity contribution in [3.63, 3.8) is 0 Å². The van der Waals surface area contributed by atoms with Gasteiger partial charge in [-0.3, -0.25) is 13.9 Å². The highest BCUT2D eigenvalue weighted by molar-refractivity contribution is 7.92. The van der Waals surface area contributed by atoms with Crippen LogP contribution in [0.3, 0.4) is 0 Å². The summed E-state index contributed by atoms with van der Waals surface area (Å²) in [6.07, 6.45) is 0. The summed E-state index contributed by atoms with van der Waals surface area (Å²) in [6, 6.07) is 17.5. The van der Waals surface area contributed by atoms with E-state index >= 15 is 0 Å². The molecule has 0 saturated carbocycles. The molecule has 0 fully saturated rings. The Morgan fingerprint density at radius 3 is 2.26 bits per heavy atom. The van der Waals surface area contributed by atoms with Gasteiger partial charge in [-0.25, -0.2) is 12.8 Å². The summed E-state index contributed by atoms with van der Waals surface area (Å²) in [6.45, 7) is 6.57. The van der Waals surface area contributed by atoms with Crippen molar-refractivity contribution in [1.82, 2.24) is 10.2 Å². The van der Waals surface area contributed by atoms with Crippen LogP contribution in [0.1, 0.15) is 31.9 Å². The van der Waals surface area contributed by atoms with Crippen LogP contribution in [-0.2, 0) is 26.2 Å². The van der Waals surface area contributed by atoms with Crippen LogP contribution in [0.5, 0.6) is 0 Å². The zero-order valence-electron chi connectivity index (χ0n) is 21.7. The summed E-state index contributed by atoms with van der Waals surface area (Å²) in [5.74, 6) is -1.71. The molecule has 0 aliphatic rings. The minimum Gasteiger partial charge on any atom is -0.352 e. The number of carbonyl (C=O) groups is 2. The van der Waals surface area contributed by atoms with Gasteiger partial charge in [0.15, 0.2) is 0 Å². The second-order valence-corrected chi connectivity index (χ2v) is 11.5. The number of anilines is 1. The Kier molecular flexibility index (Phi) is 9.51. The van der Waals surface area contributed by atoms with Gasteiger partial charge in [0.2, 0.25) is 11.8 Å². The van der Waals surface area contributed by atoms with Crippen LogP contribution in [0.4, 0.5) is 10.1 Å². The van der Waals surface area contributed by atoms with Gasteiger partial charge in [0.05, 0.1) is 15.6 Å². The molecule has 0 aliphatic carbocycles. The maximum Gasteiger partial charge on any atom is 0.264 e. The highest BCUT2D eigenvalue weighted by atomic mass is 35.5. The smallest absolute Gasteiger partial charge is 0.264 e. The highest BCUT2D eigenvalue weighted by Crippen LogP contribution is 2.28. The Labute approximate surface area is 228 Å². The van der Waals surface area contributed by atoms with Crippen LogP contribution in [0, 0.1) is 12.7 Å². The number of hydrogen-bond acceptors (Lipinski definition) is 4. The number of hydrogen-bond donors (Lipinski definition) is 1. The van der Waals surface area contributed by atoms with Crippen molar-refractivity contribution in [1.29, 1.82) is 0 Å². The largest absolute Gasteiger partial charge is 0.352 e. The predicted molar refractivity (Wildman–Crippen MR) is 147 cm³/mol. The molecular weight excluding hydrogens is 529 g/mol. The van der Waals surface area contributed by atoms with Crippen molar-refractivity contribution >= 4 is 39.1 Å². The maximum absolute atomic E-state index is 13.9. The Bertz CT molecular complexity index is 1400. The molecule has 0 aromatic heterocycles. The molecule has 0 aliphatic heterocycles. The third-order valence-electron chi connectivity index (χ3n) is 5.83. The van der Waals surface area contributed by atoms with Crippen molar-refractivity contribution in [2.24, 2.45) is 0 Å². The Hall–Kier alpha value is -3.43. The van der Waals surface area contributed by atoms with E-state index in [1.165, 1.54) is 23.1 Å². The monoisotopic (exact) mass is 559 g/mol. The van der Waals surface area contributed by atoms with Crippen LogP contribution in [-0.4, -0.2) is 43.8 Å². The van der Waals surface area contributed by atoms with E-state index in [0.717, 1.165) is 27.6 Å². The first-order valence-electron chi connectivity index (χ1n) is 12.1. The molecule has 3 aromatic rings. The average molecular weight is 560 g/mol. The second kappa shape index (κ2) is 12.4. The molecule has 0 spiro atoms. The van der Waals surface area contributed by atoms with Gasteiger partial charge in [0, 0.05) is 12.6 Å². The van der Waals surface area contributed by atoms with Crippen LogP contribution in [0.2, 0.25) is 5.02 Å². The van der Waals surface area contributed by atoms with Crippen molar-refractivity contribution < 1.29 is 22.4 Å². The number of carbonyl (C=O) groups excluding carboxylic acids is 2. The zero-order chi connectivity index (χ0) is 28.0. The van der Waals surface area contributed by atoms with E-state index in [9.17, 15) is 22.4 Å². The van der Waals surface area contributed by atoms with E-state index < -0.39 is 34.3 Å². The van der Waals surface area contributed by atoms with Crippen molar-refractivity contribution in [2.75, 3.05) is 10.8 Å². The zero-order valence-corrected chi connectivity index (χ0v) is 23.3. The molecule has 0 radical (unpaired) electrons. The average Bonchev–Trinajstić information content (AvgIpc) is 2.87. The number of amides is 2.